The number of nitrogens with zero attached hydrogens (tertiary/aromatic N) is 1. The number of oxime groups is 1. The van der Waals surface area contributed by atoms with Crippen LogP contribution in [0.2, 0.25) is 0 Å². The van der Waals surface area contributed by atoms with E-state index in [0.717, 1.165) is 10.9 Å². The molecule has 0 fully saturated rings. The Kier molecular flexibility index (Phi) is 3.88. The zero-order valence-electron chi connectivity index (χ0n) is 9.46. The van der Waals surface area contributed by atoms with Crippen molar-refractivity contribution in [3.63, 3.8) is 0 Å². The Morgan fingerprint density at radius 1 is 1.44 bits per heavy atom. The molecule has 0 aliphatic rings. The molecule has 0 atom stereocenters. The van der Waals surface area contributed by atoms with Gasteiger partial charge >= 0.3 is 5.97 Å². The Morgan fingerprint density at radius 2 is 2.22 bits per heavy atom. The van der Waals surface area contributed by atoms with Crippen LogP contribution >= 0.6 is 12.6 Å². The molecule has 0 amide bonds. The van der Waals surface area contributed by atoms with Crippen molar-refractivity contribution in [2.45, 2.75) is 0 Å². The number of para-hydroxylation sites is 1. The lowest BCUT2D eigenvalue weighted by molar-refractivity contribution is -0.129. The standard InChI is InChI=1S/C12H12N2O3S/c15-12(16)11(14-17-5-6-18)9-7-13-10-4-2-1-3-8(9)10/h1-4,7,13,18H,5-6H2,(H,15,16). The third-order valence-electron chi connectivity index (χ3n) is 2.39. The van der Waals surface area contributed by atoms with Crippen LogP contribution in [0.5, 0.6) is 0 Å². The van der Waals surface area contributed by atoms with Crippen LogP contribution in [0.4, 0.5) is 0 Å². The number of thiol groups is 1. The molecule has 0 aliphatic heterocycles. The summed E-state index contributed by atoms with van der Waals surface area (Å²) in [6.45, 7) is 0.266. The third-order valence-corrected chi connectivity index (χ3v) is 2.57. The Bertz CT molecular complexity index is 592. The fraction of sp³-hybridized carbons (Fsp3) is 0.167. The first-order valence-corrected chi connectivity index (χ1v) is 5.98. The van der Waals surface area contributed by atoms with Gasteiger partial charge in [-0.05, 0) is 6.07 Å². The topological polar surface area (TPSA) is 74.7 Å². The second-order valence-corrected chi connectivity index (χ2v) is 4.00. The molecule has 6 heteroatoms. The summed E-state index contributed by atoms with van der Waals surface area (Å²) in [4.78, 5) is 19.1. The number of carbonyl (C=O) groups is 1. The van der Waals surface area contributed by atoms with E-state index >= 15 is 0 Å². The van der Waals surface area contributed by atoms with Gasteiger partial charge in [0.1, 0.15) is 6.61 Å². The number of hydrogen-bond acceptors (Lipinski definition) is 4. The van der Waals surface area contributed by atoms with Crippen molar-refractivity contribution in [3.8, 4) is 0 Å². The molecule has 1 aromatic carbocycles. The second-order valence-electron chi connectivity index (χ2n) is 3.55. The van der Waals surface area contributed by atoms with Crippen molar-refractivity contribution in [1.82, 2.24) is 4.98 Å². The largest absolute Gasteiger partial charge is 0.476 e. The molecule has 2 aromatic rings. The molecule has 1 aromatic heterocycles. The number of nitrogens with one attached hydrogen (secondary N) is 1. The summed E-state index contributed by atoms with van der Waals surface area (Å²) in [5.41, 5.74) is 1.25. The predicted molar refractivity (Wildman–Crippen MR) is 72.3 cm³/mol. The summed E-state index contributed by atoms with van der Waals surface area (Å²) >= 11 is 3.96. The lowest BCUT2D eigenvalue weighted by atomic mass is 10.1. The van der Waals surface area contributed by atoms with Crippen molar-refractivity contribution in [2.75, 3.05) is 12.4 Å². The maximum atomic E-state index is 11.2. The Balaban J connectivity index is 2.42. The van der Waals surface area contributed by atoms with Crippen LogP contribution in [-0.4, -0.2) is 34.1 Å². The van der Waals surface area contributed by atoms with E-state index < -0.39 is 5.97 Å². The molecule has 0 bridgehead atoms. The minimum atomic E-state index is -1.13. The van der Waals surface area contributed by atoms with Crippen LogP contribution in [-0.2, 0) is 9.63 Å². The van der Waals surface area contributed by atoms with E-state index in [1.165, 1.54) is 0 Å². The highest BCUT2D eigenvalue weighted by Gasteiger charge is 2.17. The number of aromatic nitrogens is 1. The van der Waals surface area contributed by atoms with Gasteiger partial charge in [-0.25, -0.2) is 4.79 Å². The maximum Gasteiger partial charge on any atom is 0.358 e. The minimum Gasteiger partial charge on any atom is -0.476 e. The molecular weight excluding hydrogens is 252 g/mol. The molecule has 0 saturated heterocycles. The Morgan fingerprint density at radius 3 is 2.94 bits per heavy atom. The highest BCUT2D eigenvalue weighted by atomic mass is 32.1. The van der Waals surface area contributed by atoms with Crippen molar-refractivity contribution in [1.29, 1.82) is 0 Å². The lowest BCUT2D eigenvalue weighted by Crippen LogP contribution is -2.15. The van der Waals surface area contributed by atoms with E-state index in [9.17, 15) is 4.79 Å². The number of rotatable bonds is 5. The highest BCUT2D eigenvalue weighted by Crippen LogP contribution is 2.18. The lowest BCUT2D eigenvalue weighted by Gasteiger charge is -2.00. The van der Waals surface area contributed by atoms with E-state index in [0.29, 0.717) is 11.3 Å². The van der Waals surface area contributed by atoms with Crippen molar-refractivity contribution in [2.24, 2.45) is 5.16 Å². The third kappa shape index (κ3) is 2.48. The molecule has 5 nitrogen and oxygen atoms in total. The van der Waals surface area contributed by atoms with Gasteiger partial charge < -0.3 is 14.9 Å². The van der Waals surface area contributed by atoms with Gasteiger partial charge in [-0.2, -0.15) is 12.6 Å². The van der Waals surface area contributed by atoms with Gasteiger partial charge in [-0.3, -0.25) is 0 Å². The molecule has 0 radical (unpaired) electrons. The van der Waals surface area contributed by atoms with Gasteiger partial charge in [0.2, 0.25) is 0 Å². The average molecular weight is 264 g/mol. The monoisotopic (exact) mass is 264 g/mol. The van der Waals surface area contributed by atoms with E-state index in [4.69, 9.17) is 9.94 Å². The number of carboxylic acid groups (broad SMARTS) is 1. The number of benzene rings is 1. The number of fused-ring (bicyclic) bond motifs is 1. The molecule has 2 rings (SSSR count). The fourth-order valence-corrected chi connectivity index (χ4v) is 1.70. The molecule has 18 heavy (non-hydrogen) atoms. The van der Waals surface area contributed by atoms with E-state index in [2.05, 4.69) is 22.8 Å². The van der Waals surface area contributed by atoms with Crippen LogP contribution in [0.25, 0.3) is 10.9 Å². The van der Waals surface area contributed by atoms with Crippen LogP contribution in [0, 0.1) is 0 Å². The molecule has 94 valence electrons. The SMILES string of the molecule is O=C(O)C(=NOCCS)c1c[nH]c2ccccc12. The van der Waals surface area contributed by atoms with Gasteiger partial charge in [-0.1, -0.05) is 23.4 Å². The first-order chi connectivity index (χ1) is 8.74. The van der Waals surface area contributed by atoms with E-state index in [-0.39, 0.29) is 12.3 Å². The van der Waals surface area contributed by atoms with Gasteiger partial charge in [0, 0.05) is 28.4 Å². The van der Waals surface area contributed by atoms with Crippen molar-refractivity contribution >= 4 is 35.2 Å². The van der Waals surface area contributed by atoms with Crippen LogP contribution in [0.1, 0.15) is 5.56 Å². The highest BCUT2D eigenvalue weighted by molar-refractivity contribution is 7.80. The molecule has 0 unspecified atom stereocenters. The quantitative estimate of drug-likeness (QED) is 0.334. The first-order valence-electron chi connectivity index (χ1n) is 5.34. The number of carboxylic acids is 1. The van der Waals surface area contributed by atoms with Gasteiger partial charge in [0.25, 0.3) is 0 Å². The number of H-pyrrole nitrogens is 1. The fourth-order valence-electron chi connectivity index (χ4n) is 1.62. The molecule has 0 aliphatic carbocycles. The number of aliphatic carboxylic acids is 1. The van der Waals surface area contributed by atoms with E-state index in [1.807, 2.05) is 24.3 Å². The summed E-state index contributed by atoms with van der Waals surface area (Å²) in [5, 5.41) is 13.6. The van der Waals surface area contributed by atoms with Gasteiger partial charge in [0.05, 0.1) is 0 Å². The summed E-state index contributed by atoms with van der Waals surface area (Å²) in [5.74, 6) is -0.650. The summed E-state index contributed by atoms with van der Waals surface area (Å²) in [6, 6.07) is 7.41. The smallest absolute Gasteiger partial charge is 0.358 e. The molecule has 0 spiro atoms. The number of aromatic amines is 1. The Labute approximate surface area is 109 Å². The first kappa shape index (κ1) is 12.5. The van der Waals surface area contributed by atoms with Crippen molar-refractivity contribution in [3.05, 3.63) is 36.0 Å². The normalized spacial score (nSPS) is 11.7. The zero-order chi connectivity index (χ0) is 13.0. The van der Waals surface area contributed by atoms with Crippen LogP contribution in [0.15, 0.2) is 35.6 Å². The number of hydrogen-bond donors (Lipinski definition) is 3. The zero-order valence-corrected chi connectivity index (χ0v) is 10.4. The average Bonchev–Trinajstić information content (AvgIpc) is 2.78. The van der Waals surface area contributed by atoms with Gasteiger partial charge in [-0.15, -0.1) is 0 Å². The van der Waals surface area contributed by atoms with Crippen molar-refractivity contribution < 1.29 is 14.7 Å². The second kappa shape index (κ2) is 5.59. The van der Waals surface area contributed by atoms with Crippen LogP contribution in [0.3, 0.4) is 0 Å². The van der Waals surface area contributed by atoms with Gasteiger partial charge in [0.15, 0.2) is 5.71 Å². The summed E-state index contributed by atoms with van der Waals surface area (Å²) < 4.78 is 0. The summed E-state index contributed by atoms with van der Waals surface area (Å²) in [7, 11) is 0. The predicted octanol–water partition coefficient (Wildman–Crippen LogP) is 1.90. The molecule has 0 saturated carbocycles. The summed E-state index contributed by atoms with van der Waals surface area (Å²) in [6.07, 6.45) is 1.61. The van der Waals surface area contributed by atoms with E-state index in [1.54, 1.807) is 6.20 Å². The molecule has 1 heterocycles. The minimum absolute atomic E-state index is 0.116. The van der Waals surface area contributed by atoms with Crippen LogP contribution < -0.4 is 0 Å². The molecular formula is C12H12N2O3S. The molecule has 2 N–H and O–H groups in total. The Hall–Kier alpha value is -1.95. The maximum absolute atomic E-state index is 11.2.